The molecule has 0 heterocycles. The van der Waals surface area contributed by atoms with E-state index in [0.29, 0.717) is 6.54 Å². The maximum Gasteiger partial charge on any atom is 0.387 e. The van der Waals surface area contributed by atoms with Gasteiger partial charge in [-0.1, -0.05) is 12.1 Å². The van der Waals surface area contributed by atoms with Crippen molar-refractivity contribution in [1.29, 1.82) is 0 Å². The maximum absolute atomic E-state index is 12.0. The molecule has 5 heteroatoms. The van der Waals surface area contributed by atoms with Gasteiger partial charge in [0.25, 0.3) is 0 Å². The van der Waals surface area contributed by atoms with Gasteiger partial charge in [0.15, 0.2) is 0 Å². The molecule has 1 N–H and O–H groups in total. The van der Waals surface area contributed by atoms with E-state index in [9.17, 15) is 8.78 Å². The Hall–Kier alpha value is -2.30. The third-order valence-corrected chi connectivity index (χ3v) is 3.03. The van der Waals surface area contributed by atoms with Crippen molar-refractivity contribution < 1.29 is 13.5 Å². The van der Waals surface area contributed by atoms with Crippen molar-refractivity contribution in [2.24, 2.45) is 0 Å². The van der Waals surface area contributed by atoms with E-state index in [2.05, 4.69) is 10.1 Å². The molecule has 0 bridgehead atoms. The van der Waals surface area contributed by atoms with Gasteiger partial charge in [-0.05, 0) is 42.0 Å². The first-order chi connectivity index (χ1) is 10.0. The highest BCUT2D eigenvalue weighted by molar-refractivity contribution is 5.54. The number of benzene rings is 2. The lowest BCUT2D eigenvalue weighted by atomic mass is 10.2. The molecule has 2 aromatic carbocycles. The van der Waals surface area contributed by atoms with E-state index in [1.807, 2.05) is 43.3 Å². The van der Waals surface area contributed by atoms with E-state index >= 15 is 0 Å². The van der Waals surface area contributed by atoms with E-state index in [1.54, 1.807) is 12.1 Å². The van der Waals surface area contributed by atoms with Crippen molar-refractivity contribution in [2.75, 3.05) is 24.3 Å². The molecule has 0 amide bonds. The van der Waals surface area contributed by atoms with Gasteiger partial charge in [-0.25, -0.2) is 0 Å². The van der Waals surface area contributed by atoms with Crippen LogP contribution >= 0.6 is 0 Å². The average molecular weight is 292 g/mol. The summed E-state index contributed by atoms with van der Waals surface area (Å²) >= 11 is 0. The second-order valence-corrected chi connectivity index (χ2v) is 4.82. The third-order valence-electron chi connectivity index (χ3n) is 3.03. The molecule has 112 valence electrons. The molecule has 0 aliphatic heterocycles. The minimum Gasteiger partial charge on any atom is -0.435 e. The van der Waals surface area contributed by atoms with Crippen LogP contribution in [0, 0.1) is 0 Å². The van der Waals surface area contributed by atoms with Gasteiger partial charge in [0.1, 0.15) is 5.75 Å². The molecule has 0 unspecified atom stereocenters. The molecule has 2 aromatic rings. The zero-order chi connectivity index (χ0) is 15.2. The Morgan fingerprint density at radius 1 is 1.00 bits per heavy atom. The van der Waals surface area contributed by atoms with Gasteiger partial charge < -0.3 is 15.0 Å². The highest BCUT2D eigenvalue weighted by Gasteiger charge is 2.03. The van der Waals surface area contributed by atoms with Gasteiger partial charge >= 0.3 is 6.61 Å². The molecule has 2 rings (SSSR count). The Balaban J connectivity index is 1.90. The number of hydrogen-bond donors (Lipinski definition) is 1. The van der Waals surface area contributed by atoms with Crippen molar-refractivity contribution >= 4 is 11.4 Å². The highest BCUT2D eigenvalue weighted by Crippen LogP contribution is 2.18. The molecule has 0 atom stereocenters. The molecular weight excluding hydrogens is 274 g/mol. The SMILES string of the molecule is CN(C)c1ccc(NCc2ccc(OC(F)F)cc2)cc1. The molecule has 0 aliphatic rings. The summed E-state index contributed by atoms with van der Waals surface area (Å²) in [7, 11) is 3.98. The van der Waals surface area contributed by atoms with Crippen LogP contribution in [0.25, 0.3) is 0 Å². The van der Waals surface area contributed by atoms with Crippen LogP contribution in [0.5, 0.6) is 5.75 Å². The Kier molecular flexibility index (Phi) is 4.98. The summed E-state index contributed by atoms with van der Waals surface area (Å²) in [4.78, 5) is 2.03. The molecular formula is C16H18F2N2O. The number of anilines is 2. The van der Waals surface area contributed by atoms with Gasteiger partial charge in [-0.15, -0.1) is 0 Å². The Morgan fingerprint density at radius 2 is 1.62 bits per heavy atom. The maximum atomic E-state index is 12.0. The van der Waals surface area contributed by atoms with E-state index < -0.39 is 6.61 Å². The molecule has 0 radical (unpaired) electrons. The van der Waals surface area contributed by atoms with Gasteiger partial charge in [0.05, 0.1) is 0 Å². The molecule has 0 aromatic heterocycles. The first-order valence-electron chi connectivity index (χ1n) is 6.59. The van der Waals surface area contributed by atoms with Crippen LogP contribution in [-0.4, -0.2) is 20.7 Å². The molecule has 0 saturated carbocycles. The normalized spacial score (nSPS) is 10.5. The van der Waals surface area contributed by atoms with E-state index in [-0.39, 0.29) is 5.75 Å². The summed E-state index contributed by atoms with van der Waals surface area (Å²) in [5.74, 6) is 0.170. The number of nitrogens with zero attached hydrogens (tertiary/aromatic N) is 1. The average Bonchev–Trinajstić information content (AvgIpc) is 2.46. The number of alkyl halides is 2. The topological polar surface area (TPSA) is 24.5 Å². The second kappa shape index (κ2) is 6.92. The van der Waals surface area contributed by atoms with Crippen molar-refractivity contribution in [3.05, 3.63) is 54.1 Å². The molecule has 21 heavy (non-hydrogen) atoms. The van der Waals surface area contributed by atoms with Crippen LogP contribution in [0.2, 0.25) is 0 Å². The quantitative estimate of drug-likeness (QED) is 0.872. The van der Waals surface area contributed by atoms with Gasteiger partial charge in [-0.2, -0.15) is 8.78 Å². The fourth-order valence-corrected chi connectivity index (χ4v) is 1.87. The largest absolute Gasteiger partial charge is 0.435 e. The molecule has 0 saturated heterocycles. The van der Waals surface area contributed by atoms with Crippen molar-refractivity contribution in [3.63, 3.8) is 0 Å². The lowest BCUT2D eigenvalue weighted by molar-refractivity contribution is -0.0498. The Bertz CT molecular complexity index is 553. The monoisotopic (exact) mass is 292 g/mol. The van der Waals surface area contributed by atoms with Crippen molar-refractivity contribution in [3.8, 4) is 5.75 Å². The number of ether oxygens (including phenoxy) is 1. The van der Waals surface area contributed by atoms with E-state index in [0.717, 1.165) is 16.9 Å². The molecule has 0 fully saturated rings. The number of hydrogen-bond acceptors (Lipinski definition) is 3. The summed E-state index contributed by atoms with van der Waals surface area (Å²) in [6, 6.07) is 14.7. The van der Waals surface area contributed by atoms with Gasteiger partial charge in [0.2, 0.25) is 0 Å². The minimum absolute atomic E-state index is 0.170. The van der Waals surface area contributed by atoms with Crippen molar-refractivity contribution in [1.82, 2.24) is 0 Å². The van der Waals surface area contributed by atoms with Gasteiger partial charge in [-0.3, -0.25) is 0 Å². The predicted octanol–water partition coefficient (Wildman–Crippen LogP) is 3.97. The van der Waals surface area contributed by atoms with Gasteiger partial charge in [0, 0.05) is 32.0 Å². The first kappa shape index (κ1) is 15.1. The Labute approximate surface area is 123 Å². The molecule has 3 nitrogen and oxygen atoms in total. The number of nitrogens with one attached hydrogen (secondary N) is 1. The smallest absolute Gasteiger partial charge is 0.387 e. The third kappa shape index (κ3) is 4.63. The summed E-state index contributed by atoms with van der Waals surface area (Å²) in [6.07, 6.45) is 0. The van der Waals surface area contributed by atoms with Crippen LogP contribution in [0.1, 0.15) is 5.56 Å². The summed E-state index contributed by atoms with van der Waals surface area (Å²) in [6.45, 7) is -2.17. The van der Waals surface area contributed by atoms with Crippen LogP contribution in [0.15, 0.2) is 48.5 Å². The fourth-order valence-electron chi connectivity index (χ4n) is 1.87. The first-order valence-corrected chi connectivity index (χ1v) is 6.59. The zero-order valence-electron chi connectivity index (χ0n) is 12.0. The zero-order valence-corrected chi connectivity index (χ0v) is 12.0. The second-order valence-electron chi connectivity index (χ2n) is 4.82. The predicted molar refractivity (Wildman–Crippen MR) is 81.2 cm³/mol. The minimum atomic E-state index is -2.79. The van der Waals surface area contributed by atoms with Crippen LogP contribution in [0.3, 0.4) is 0 Å². The van der Waals surface area contributed by atoms with Crippen LogP contribution in [-0.2, 0) is 6.54 Å². The lowest BCUT2D eigenvalue weighted by Gasteiger charge is -2.13. The molecule has 0 aliphatic carbocycles. The highest BCUT2D eigenvalue weighted by atomic mass is 19.3. The summed E-state index contributed by atoms with van der Waals surface area (Å²) < 4.78 is 28.4. The summed E-state index contributed by atoms with van der Waals surface area (Å²) in [5, 5.41) is 3.28. The standard InChI is InChI=1S/C16H18F2N2O/c1-20(2)14-7-5-13(6-8-14)19-11-12-3-9-15(10-4-12)21-16(17)18/h3-10,16,19H,11H2,1-2H3. The fraction of sp³-hybridized carbons (Fsp3) is 0.250. The van der Waals surface area contributed by atoms with Crippen LogP contribution < -0.4 is 15.0 Å². The lowest BCUT2D eigenvalue weighted by Crippen LogP contribution is -2.08. The summed E-state index contributed by atoms with van der Waals surface area (Å²) in [5.41, 5.74) is 3.14. The number of rotatable bonds is 6. The van der Waals surface area contributed by atoms with Crippen molar-refractivity contribution in [2.45, 2.75) is 13.2 Å². The Morgan fingerprint density at radius 3 is 2.14 bits per heavy atom. The molecule has 0 spiro atoms. The van der Waals surface area contributed by atoms with E-state index in [1.165, 1.54) is 12.1 Å². The van der Waals surface area contributed by atoms with Crippen LogP contribution in [0.4, 0.5) is 20.2 Å². The van der Waals surface area contributed by atoms with E-state index in [4.69, 9.17) is 0 Å². The number of halogens is 2.